The molecule has 1 aromatic carbocycles. The number of nitrogens with one attached hydrogen (secondary N) is 1. The van der Waals surface area contributed by atoms with Gasteiger partial charge in [-0.25, -0.2) is 8.42 Å². The monoisotopic (exact) mass is 313 g/mol. The summed E-state index contributed by atoms with van der Waals surface area (Å²) in [5, 5.41) is 3.84. The molecule has 0 saturated carbocycles. The Labute approximate surface area is 126 Å². The van der Waals surface area contributed by atoms with Gasteiger partial charge in [-0.15, -0.1) is 0 Å². The third-order valence-electron chi connectivity index (χ3n) is 3.92. The van der Waals surface area contributed by atoms with E-state index < -0.39 is 9.84 Å². The Balaban J connectivity index is 2.11. The van der Waals surface area contributed by atoms with Gasteiger partial charge in [0, 0.05) is 23.3 Å². The van der Waals surface area contributed by atoms with Crippen LogP contribution in [-0.4, -0.2) is 38.5 Å². The fourth-order valence-electron chi connectivity index (χ4n) is 2.91. The first-order chi connectivity index (χ1) is 9.42. The molecule has 3 unspecified atom stereocenters. The largest absolute Gasteiger partial charge is 0.312 e. The molecule has 3 atom stereocenters. The molecule has 0 bridgehead atoms. The van der Waals surface area contributed by atoms with Gasteiger partial charge in [-0.3, -0.25) is 0 Å². The van der Waals surface area contributed by atoms with Crippen LogP contribution < -0.4 is 5.32 Å². The van der Waals surface area contributed by atoms with Crippen molar-refractivity contribution in [2.45, 2.75) is 30.6 Å². The number of sulfone groups is 1. The molecule has 0 aromatic heterocycles. The van der Waals surface area contributed by atoms with Crippen molar-refractivity contribution in [3.63, 3.8) is 0 Å². The molecular weight excluding hydrogens is 290 g/mol. The van der Waals surface area contributed by atoms with Gasteiger partial charge in [-0.2, -0.15) is 11.8 Å². The summed E-state index contributed by atoms with van der Waals surface area (Å²) in [5.41, 5.74) is 2.79. The van der Waals surface area contributed by atoms with E-state index in [2.05, 4.69) is 36.5 Å². The van der Waals surface area contributed by atoms with E-state index in [1.165, 1.54) is 17.4 Å². The van der Waals surface area contributed by atoms with E-state index in [4.69, 9.17) is 0 Å². The van der Waals surface area contributed by atoms with Crippen LogP contribution in [0.2, 0.25) is 0 Å². The summed E-state index contributed by atoms with van der Waals surface area (Å²) < 4.78 is 22.5. The number of hydrogen-bond donors (Lipinski definition) is 1. The van der Waals surface area contributed by atoms with Crippen LogP contribution in [0.5, 0.6) is 0 Å². The van der Waals surface area contributed by atoms with E-state index in [9.17, 15) is 8.42 Å². The van der Waals surface area contributed by atoms with Crippen molar-refractivity contribution in [1.82, 2.24) is 5.32 Å². The maximum atomic E-state index is 11.3. The van der Waals surface area contributed by atoms with Crippen LogP contribution in [0.4, 0.5) is 0 Å². The predicted octanol–water partition coefficient (Wildman–Crippen LogP) is 2.60. The molecular formula is C15H23NO2S2. The zero-order valence-corrected chi connectivity index (χ0v) is 13.9. The Morgan fingerprint density at radius 1 is 1.30 bits per heavy atom. The average molecular weight is 313 g/mol. The van der Waals surface area contributed by atoms with Gasteiger partial charge in [0.15, 0.2) is 0 Å². The van der Waals surface area contributed by atoms with Crippen molar-refractivity contribution >= 4 is 21.6 Å². The van der Waals surface area contributed by atoms with Gasteiger partial charge < -0.3 is 5.32 Å². The average Bonchev–Trinajstić information content (AvgIpc) is 2.38. The topological polar surface area (TPSA) is 46.2 Å². The lowest BCUT2D eigenvalue weighted by atomic mass is 9.81. The molecule has 0 aliphatic heterocycles. The molecule has 1 N–H and O–H groups in total. The van der Waals surface area contributed by atoms with E-state index in [0.29, 0.717) is 23.0 Å². The fourth-order valence-corrected chi connectivity index (χ4v) is 5.71. The summed E-state index contributed by atoms with van der Waals surface area (Å²) in [6.45, 7) is 2.26. The zero-order chi connectivity index (χ0) is 14.8. The second-order valence-corrected chi connectivity index (χ2v) is 9.18. The lowest BCUT2D eigenvalue weighted by Gasteiger charge is -2.36. The molecule has 20 heavy (non-hydrogen) atoms. The highest BCUT2D eigenvalue weighted by Gasteiger charge is 2.32. The molecule has 0 amide bonds. The number of benzene rings is 1. The van der Waals surface area contributed by atoms with Crippen molar-refractivity contribution in [3.05, 3.63) is 35.4 Å². The van der Waals surface area contributed by atoms with Gasteiger partial charge in [-0.05, 0) is 30.5 Å². The summed E-state index contributed by atoms with van der Waals surface area (Å²) in [6, 6.07) is 8.89. The Morgan fingerprint density at radius 2 is 1.95 bits per heavy atom. The number of thioether (sulfide) groups is 1. The van der Waals surface area contributed by atoms with Crippen LogP contribution in [0.3, 0.4) is 0 Å². The molecule has 1 aliphatic rings. The molecule has 3 nitrogen and oxygen atoms in total. The molecule has 0 saturated heterocycles. The van der Waals surface area contributed by atoms with E-state index in [0.717, 1.165) is 6.42 Å². The molecule has 0 spiro atoms. The molecule has 0 heterocycles. The van der Waals surface area contributed by atoms with Crippen LogP contribution in [0.25, 0.3) is 0 Å². The van der Waals surface area contributed by atoms with Gasteiger partial charge >= 0.3 is 0 Å². The van der Waals surface area contributed by atoms with Crippen LogP contribution >= 0.6 is 11.8 Å². The van der Waals surface area contributed by atoms with Crippen molar-refractivity contribution < 1.29 is 8.42 Å². The fraction of sp³-hybridized carbons (Fsp3) is 0.600. The maximum Gasteiger partial charge on any atom is 0.148 e. The highest BCUT2D eigenvalue weighted by Crippen LogP contribution is 2.42. The van der Waals surface area contributed by atoms with Crippen molar-refractivity contribution in [2.75, 3.05) is 24.8 Å². The van der Waals surface area contributed by atoms with Crippen molar-refractivity contribution in [1.29, 1.82) is 0 Å². The molecule has 1 aromatic rings. The van der Waals surface area contributed by atoms with E-state index in [1.54, 1.807) is 11.8 Å². The van der Waals surface area contributed by atoms with Gasteiger partial charge in [0.2, 0.25) is 0 Å². The SMILES string of the molecule is CNC1c2ccccc2C(C)CC1SCCS(C)(=O)=O. The lowest BCUT2D eigenvalue weighted by molar-refractivity contribution is 0.473. The number of fused-ring (bicyclic) bond motifs is 1. The summed E-state index contributed by atoms with van der Waals surface area (Å²) in [7, 11) is -0.877. The third-order valence-corrected chi connectivity index (χ3v) is 6.45. The Kier molecular flexibility index (Phi) is 5.15. The van der Waals surface area contributed by atoms with E-state index >= 15 is 0 Å². The molecule has 0 fully saturated rings. The maximum absolute atomic E-state index is 11.3. The standard InChI is InChI=1S/C15H23NO2S2/c1-11-10-14(19-8-9-20(3,17)18)15(16-2)13-7-5-4-6-12(11)13/h4-7,11,14-16H,8-10H2,1-3H3. The van der Waals surface area contributed by atoms with Crippen LogP contribution in [-0.2, 0) is 9.84 Å². The first kappa shape index (κ1) is 15.9. The quantitative estimate of drug-likeness (QED) is 0.907. The number of hydrogen-bond acceptors (Lipinski definition) is 4. The minimum Gasteiger partial charge on any atom is -0.312 e. The summed E-state index contributed by atoms with van der Waals surface area (Å²) in [5.74, 6) is 1.48. The summed E-state index contributed by atoms with van der Waals surface area (Å²) in [4.78, 5) is 0. The molecule has 5 heteroatoms. The minimum atomic E-state index is -2.86. The molecule has 0 radical (unpaired) electrons. The number of rotatable bonds is 5. The minimum absolute atomic E-state index is 0.265. The van der Waals surface area contributed by atoms with Crippen molar-refractivity contribution in [2.24, 2.45) is 0 Å². The second-order valence-electron chi connectivity index (χ2n) is 5.57. The Bertz CT molecular complexity index is 557. The van der Waals surface area contributed by atoms with Gasteiger partial charge in [0.1, 0.15) is 9.84 Å². The Morgan fingerprint density at radius 3 is 2.55 bits per heavy atom. The first-order valence-electron chi connectivity index (χ1n) is 6.98. The highest BCUT2D eigenvalue weighted by molar-refractivity contribution is 8.01. The lowest BCUT2D eigenvalue weighted by Crippen LogP contribution is -2.33. The summed E-state index contributed by atoms with van der Waals surface area (Å²) >= 11 is 1.78. The summed E-state index contributed by atoms with van der Waals surface area (Å²) in [6.07, 6.45) is 2.40. The second kappa shape index (κ2) is 6.50. The zero-order valence-electron chi connectivity index (χ0n) is 12.3. The highest BCUT2D eigenvalue weighted by atomic mass is 32.2. The molecule has 112 valence electrons. The van der Waals surface area contributed by atoms with Gasteiger partial charge in [0.05, 0.1) is 5.75 Å². The van der Waals surface area contributed by atoms with Crippen LogP contribution in [0, 0.1) is 0 Å². The predicted molar refractivity (Wildman–Crippen MR) is 87.2 cm³/mol. The first-order valence-corrected chi connectivity index (χ1v) is 10.1. The van der Waals surface area contributed by atoms with Gasteiger partial charge in [0.25, 0.3) is 0 Å². The van der Waals surface area contributed by atoms with Gasteiger partial charge in [-0.1, -0.05) is 31.2 Å². The molecule has 1 aliphatic carbocycles. The van der Waals surface area contributed by atoms with Crippen LogP contribution in [0.1, 0.15) is 36.4 Å². The normalized spacial score (nSPS) is 26.2. The van der Waals surface area contributed by atoms with Crippen molar-refractivity contribution in [3.8, 4) is 0 Å². The molecule has 2 rings (SSSR count). The smallest absolute Gasteiger partial charge is 0.148 e. The van der Waals surface area contributed by atoms with E-state index in [1.807, 2.05) is 7.05 Å². The van der Waals surface area contributed by atoms with E-state index in [-0.39, 0.29) is 5.75 Å². The Hall–Kier alpha value is -0.520. The van der Waals surface area contributed by atoms with Crippen LogP contribution in [0.15, 0.2) is 24.3 Å². The third kappa shape index (κ3) is 3.77.